The second-order valence-electron chi connectivity index (χ2n) is 6.90. The van der Waals surface area contributed by atoms with E-state index in [9.17, 15) is 21.6 Å². The highest BCUT2D eigenvalue weighted by Gasteiger charge is 2.44. The van der Waals surface area contributed by atoms with E-state index in [0.717, 1.165) is 16.4 Å². The molecule has 3 aromatic rings. The van der Waals surface area contributed by atoms with Crippen molar-refractivity contribution in [2.45, 2.75) is 36.5 Å². The number of benzene rings is 2. The van der Waals surface area contributed by atoms with Crippen molar-refractivity contribution in [3.8, 4) is 11.5 Å². The Kier molecular flexibility index (Phi) is 5.76. The number of hydrogen-bond donors (Lipinski definition) is 0. The lowest BCUT2D eigenvalue weighted by Crippen LogP contribution is -2.34. The van der Waals surface area contributed by atoms with Gasteiger partial charge in [-0.15, -0.1) is 10.2 Å². The van der Waals surface area contributed by atoms with Gasteiger partial charge in [0.2, 0.25) is 21.8 Å². The molecule has 164 valence electrons. The summed E-state index contributed by atoms with van der Waals surface area (Å²) in [5.41, 5.74) is -0.867. The molecular weight excluding hydrogens is 478 g/mol. The summed E-state index contributed by atoms with van der Waals surface area (Å²) in [4.78, 5) is -0.873. The molecule has 12 heteroatoms. The van der Waals surface area contributed by atoms with Gasteiger partial charge in [0.05, 0.1) is 27.6 Å². The number of alkyl halides is 3. The summed E-state index contributed by atoms with van der Waals surface area (Å²) in [5.74, 6) is 0.0177. The van der Waals surface area contributed by atoms with Gasteiger partial charge in [0.1, 0.15) is 0 Å². The molecule has 0 aliphatic heterocycles. The van der Waals surface area contributed by atoms with E-state index in [1.54, 1.807) is 24.3 Å². The summed E-state index contributed by atoms with van der Waals surface area (Å²) >= 11 is 11.8. The Labute approximate surface area is 185 Å². The third-order valence-electron chi connectivity index (χ3n) is 4.65. The molecule has 0 spiro atoms. The van der Waals surface area contributed by atoms with Crippen LogP contribution in [0.3, 0.4) is 0 Å². The van der Waals surface area contributed by atoms with Crippen LogP contribution in [0.25, 0.3) is 11.5 Å². The number of sulfonamides is 1. The second kappa shape index (κ2) is 8.09. The number of nitrogens with zero attached hydrogens (tertiary/aromatic N) is 3. The Hall–Kier alpha value is -2.14. The normalized spacial score (nSPS) is 14.9. The molecule has 1 aromatic heterocycles. The lowest BCUT2D eigenvalue weighted by Gasteiger charge is -2.22. The van der Waals surface area contributed by atoms with E-state index in [2.05, 4.69) is 10.2 Å². The van der Waals surface area contributed by atoms with Gasteiger partial charge in [-0.25, -0.2) is 8.42 Å². The van der Waals surface area contributed by atoms with E-state index in [1.807, 2.05) is 0 Å². The Morgan fingerprint density at radius 1 is 1.10 bits per heavy atom. The van der Waals surface area contributed by atoms with Crippen molar-refractivity contribution in [3.05, 3.63) is 64.0 Å². The first-order valence-electron chi connectivity index (χ1n) is 9.03. The second-order valence-corrected chi connectivity index (χ2v) is 9.60. The molecule has 0 unspecified atom stereocenters. The van der Waals surface area contributed by atoms with Crippen molar-refractivity contribution < 1.29 is 26.0 Å². The molecule has 1 aliphatic rings. The first kappa shape index (κ1) is 22.1. The summed E-state index contributed by atoms with van der Waals surface area (Å²) in [6, 6.07) is 8.81. The minimum atomic E-state index is -4.90. The van der Waals surface area contributed by atoms with E-state index >= 15 is 0 Å². The fourth-order valence-corrected chi connectivity index (χ4v) is 5.26. The highest BCUT2D eigenvalue weighted by Crippen LogP contribution is 2.40. The average Bonchev–Trinajstić information content (AvgIpc) is 3.43. The zero-order valence-electron chi connectivity index (χ0n) is 15.6. The maximum absolute atomic E-state index is 13.5. The molecule has 4 rings (SSSR count). The fourth-order valence-electron chi connectivity index (χ4n) is 3.04. The minimum absolute atomic E-state index is 0.0621. The van der Waals surface area contributed by atoms with Crippen LogP contribution in [-0.2, 0) is 22.7 Å². The van der Waals surface area contributed by atoms with E-state index in [0.29, 0.717) is 29.5 Å². The molecule has 2 aromatic carbocycles. The van der Waals surface area contributed by atoms with Gasteiger partial charge in [-0.2, -0.15) is 17.5 Å². The van der Waals surface area contributed by atoms with Crippen molar-refractivity contribution in [1.82, 2.24) is 14.5 Å². The molecule has 6 nitrogen and oxygen atoms in total. The van der Waals surface area contributed by atoms with Crippen molar-refractivity contribution >= 4 is 33.2 Å². The molecular formula is C19H14Cl2F3N3O3S. The van der Waals surface area contributed by atoms with Gasteiger partial charge in [-0.05, 0) is 43.2 Å². The summed E-state index contributed by atoms with van der Waals surface area (Å²) in [6.45, 7) is -0.371. The average molecular weight is 492 g/mol. The van der Waals surface area contributed by atoms with Crippen LogP contribution in [0.15, 0.2) is 51.8 Å². The number of halogens is 5. The predicted molar refractivity (Wildman–Crippen MR) is 107 cm³/mol. The van der Waals surface area contributed by atoms with Gasteiger partial charge in [0.25, 0.3) is 0 Å². The number of hydrogen-bond acceptors (Lipinski definition) is 5. The van der Waals surface area contributed by atoms with Gasteiger partial charge >= 0.3 is 6.18 Å². The van der Waals surface area contributed by atoms with Gasteiger partial charge in [0.15, 0.2) is 0 Å². The molecule has 1 heterocycles. The van der Waals surface area contributed by atoms with Crippen LogP contribution in [0.5, 0.6) is 0 Å². The molecule has 1 saturated carbocycles. The van der Waals surface area contributed by atoms with Crippen molar-refractivity contribution in [2.75, 3.05) is 0 Å². The SMILES string of the molecule is O=S(=O)(c1ccc(Cl)cc1C(F)(F)F)N(Cc1nnc(-c2ccccc2Cl)o1)C1CC1. The minimum Gasteiger partial charge on any atom is -0.419 e. The summed E-state index contributed by atoms with van der Waals surface area (Å²) in [5, 5.41) is 7.88. The zero-order valence-corrected chi connectivity index (χ0v) is 17.9. The Morgan fingerprint density at radius 2 is 1.81 bits per heavy atom. The zero-order chi connectivity index (χ0) is 22.4. The predicted octanol–water partition coefficient (Wildman–Crippen LogP) is 5.42. The molecule has 0 saturated heterocycles. The van der Waals surface area contributed by atoms with Crippen molar-refractivity contribution in [1.29, 1.82) is 0 Å². The van der Waals surface area contributed by atoms with Crippen LogP contribution in [0.2, 0.25) is 10.0 Å². The van der Waals surface area contributed by atoms with Crippen LogP contribution in [0.4, 0.5) is 13.2 Å². The van der Waals surface area contributed by atoms with E-state index in [4.69, 9.17) is 27.6 Å². The third-order valence-corrected chi connectivity index (χ3v) is 7.17. The molecule has 0 radical (unpaired) electrons. The van der Waals surface area contributed by atoms with Crippen LogP contribution in [0, 0.1) is 0 Å². The first-order chi connectivity index (χ1) is 14.6. The lowest BCUT2D eigenvalue weighted by molar-refractivity contribution is -0.139. The molecule has 1 aliphatic carbocycles. The first-order valence-corrected chi connectivity index (χ1v) is 11.2. The van der Waals surface area contributed by atoms with E-state index < -0.39 is 32.7 Å². The van der Waals surface area contributed by atoms with Gasteiger partial charge < -0.3 is 4.42 Å². The molecule has 0 bridgehead atoms. The Balaban J connectivity index is 1.69. The van der Waals surface area contributed by atoms with Gasteiger partial charge in [-0.1, -0.05) is 35.3 Å². The molecule has 0 amide bonds. The Bertz CT molecular complexity index is 1230. The highest BCUT2D eigenvalue weighted by molar-refractivity contribution is 7.89. The van der Waals surface area contributed by atoms with Gasteiger partial charge in [-0.3, -0.25) is 0 Å². The van der Waals surface area contributed by atoms with Crippen LogP contribution in [0.1, 0.15) is 24.3 Å². The topological polar surface area (TPSA) is 76.3 Å². The molecule has 0 atom stereocenters. The van der Waals surface area contributed by atoms with Crippen LogP contribution in [-0.4, -0.2) is 29.0 Å². The van der Waals surface area contributed by atoms with E-state index in [1.165, 1.54) is 0 Å². The lowest BCUT2D eigenvalue weighted by atomic mass is 10.2. The summed E-state index contributed by atoms with van der Waals surface area (Å²) in [6.07, 6.45) is -3.87. The quantitative estimate of drug-likeness (QED) is 0.460. The smallest absolute Gasteiger partial charge is 0.417 e. The maximum atomic E-state index is 13.5. The molecule has 31 heavy (non-hydrogen) atoms. The monoisotopic (exact) mass is 491 g/mol. The summed E-state index contributed by atoms with van der Waals surface area (Å²) in [7, 11) is -4.53. The Morgan fingerprint density at radius 3 is 2.45 bits per heavy atom. The highest BCUT2D eigenvalue weighted by atomic mass is 35.5. The number of rotatable bonds is 6. The van der Waals surface area contributed by atoms with Crippen LogP contribution < -0.4 is 0 Å². The summed E-state index contributed by atoms with van der Waals surface area (Å²) < 4.78 is 73.4. The van der Waals surface area contributed by atoms with E-state index in [-0.39, 0.29) is 23.3 Å². The largest absolute Gasteiger partial charge is 0.419 e. The third kappa shape index (κ3) is 4.57. The molecule has 1 fully saturated rings. The van der Waals surface area contributed by atoms with Gasteiger partial charge in [0, 0.05) is 11.1 Å². The van der Waals surface area contributed by atoms with Crippen LogP contribution >= 0.6 is 23.2 Å². The maximum Gasteiger partial charge on any atom is 0.417 e. The fraction of sp³-hybridized carbons (Fsp3) is 0.263. The molecule has 0 N–H and O–H groups in total. The standard InChI is InChI=1S/C19H14Cl2F3N3O3S/c20-11-5-8-16(14(9-11)19(22,23)24)31(28,29)27(12-6-7-12)10-17-25-26-18(30-17)13-3-1-2-4-15(13)21/h1-5,8-9,12H,6-7,10H2. The number of aromatic nitrogens is 2. The van der Waals surface area contributed by atoms with Crippen molar-refractivity contribution in [3.63, 3.8) is 0 Å². The van der Waals surface area contributed by atoms with Crippen molar-refractivity contribution in [2.24, 2.45) is 0 Å².